The van der Waals surface area contributed by atoms with E-state index in [2.05, 4.69) is 46.9 Å². The van der Waals surface area contributed by atoms with Crippen LogP contribution in [0, 0.1) is 6.92 Å². The summed E-state index contributed by atoms with van der Waals surface area (Å²) in [7, 11) is 0. The molecule has 0 bridgehead atoms. The molecular weight excluding hydrogens is 222 g/mol. The second kappa shape index (κ2) is 4.39. The van der Waals surface area contributed by atoms with E-state index in [0.717, 1.165) is 17.9 Å². The van der Waals surface area contributed by atoms with Crippen molar-refractivity contribution in [2.75, 3.05) is 0 Å². The SMILES string of the molecule is CCC1(NCc2c(C)nc3ccccn23)CCC1. The van der Waals surface area contributed by atoms with Gasteiger partial charge in [0.25, 0.3) is 0 Å². The lowest BCUT2D eigenvalue weighted by Crippen LogP contribution is -2.50. The third-order valence-corrected chi connectivity index (χ3v) is 4.45. The molecule has 0 radical (unpaired) electrons. The van der Waals surface area contributed by atoms with Gasteiger partial charge in [0.2, 0.25) is 0 Å². The summed E-state index contributed by atoms with van der Waals surface area (Å²) in [6.07, 6.45) is 7.33. The lowest BCUT2D eigenvalue weighted by molar-refractivity contribution is 0.174. The van der Waals surface area contributed by atoms with Gasteiger partial charge in [-0.2, -0.15) is 0 Å². The van der Waals surface area contributed by atoms with Crippen molar-refractivity contribution in [2.45, 2.75) is 51.6 Å². The molecule has 0 saturated heterocycles. The van der Waals surface area contributed by atoms with Gasteiger partial charge >= 0.3 is 0 Å². The van der Waals surface area contributed by atoms with E-state index >= 15 is 0 Å². The molecule has 0 amide bonds. The fourth-order valence-electron chi connectivity index (χ4n) is 2.91. The number of fused-ring (bicyclic) bond motifs is 1. The van der Waals surface area contributed by atoms with Crippen LogP contribution in [0.5, 0.6) is 0 Å². The molecule has 3 heteroatoms. The minimum atomic E-state index is 0.394. The molecule has 0 atom stereocenters. The Labute approximate surface area is 108 Å². The zero-order valence-electron chi connectivity index (χ0n) is 11.2. The van der Waals surface area contributed by atoms with E-state index in [4.69, 9.17) is 0 Å². The van der Waals surface area contributed by atoms with Crippen molar-refractivity contribution in [3.63, 3.8) is 0 Å². The molecule has 2 heterocycles. The number of hydrogen-bond donors (Lipinski definition) is 1. The van der Waals surface area contributed by atoms with E-state index in [-0.39, 0.29) is 0 Å². The Kier molecular flexibility index (Phi) is 2.86. The monoisotopic (exact) mass is 243 g/mol. The normalized spacial score (nSPS) is 17.9. The molecule has 18 heavy (non-hydrogen) atoms. The molecule has 1 aliphatic rings. The summed E-state index contributed by atoms with van der Waals surface area (Å²) in [6.45, 7) is 5.31. The first-order valence-electron chi connectivity index (χ1n) is 6.92. The zero-order valence-corrected chi connectivity index (χ0v) is 11.2. The maximum atomic E-state index is 4.61. The Morgan fingerprint density at radius 3 is 2.89 bits per heavy atom. The lowest BCUT2D eigenvalue weighted by Gasteiger charge is -2.42. The molecule has 1 fully saturated rings. The van der Waals surface area contributed by atoms with Crippen molar-refractivity contribution < 1.29 is 0 Å². The average Bonchev–Trinajstić information content (AvgIpc) is 2.65. The Balaban J connectivity index is 1.84. The predicted octanol–water partition coefficient (Wildman–Crippen LogP) is 3.07. The quantitative estimate of drug-likeness (QED) is 0.894. The van der Waals surface area contributed by atoms with Crippen molar-refractivity contribution >= 4 is 5.65 Å². The summed E-state index contributed by atoms with van der Waals surface area (Å²) < 4.78 is 2.20. The number of nitrogens with zero attached hydrogens (tertiary/aromatic N) is 2. The topological polar surface area (TPSA) is 29.3 Å². The van der Waals surface area contributed by atoms with Crippen LogP contribution in [-0.2, 0) is 6.54 Å². The molecular formula is C15H21N3. The Morgan fingerprint density at radius 2 is 2.22 bits per heavy atom. The van der Waals surface area contributed by atoms with Gasteiger partial charge in [0.05, 0.1) is 11.4 Å². The highest BCUT2D eigenvalue weighted by Crippen LogP contribution is 2.34. The van der Waals surface area contributed by atoms with Crippen molar-refractivity contribution in [1.82, 2.24) is 14.7 Å². The average molecular weight is 243 g/mol. The first-order valence-corrected chi connectivity index (χ1v) is 6.92. The maximum absolute atomic E-state index is 4.61. The van der Waals surface area contributed by atoms with Crippen LogP contribution in [0.25, 0.3) is 5.65 Å². The zero-order chi connectivity index (χ0) is 12.6. The second-order valence-electron chi connectivity index (χ2n) is 5.41. The van der Waals surface area contributed by atoms with Crippen LogP contribution in [0.3, 0.4) is 0 Å². The number of imidazole rings is 1. The van der Waals surface area contributed by atoms with Gasteiger partial charge in [0.1, 0.15) is 5.65 Å². The summed E-state index contributed by atoms with van der Waals surface area (Å²) in [6, 6.07) is 6.17. The number of hydrogen-bond acceptors (Lipinski definition) is 2. The molecule has 3 nitrogen and oxygen atoms in total. The van der Waals surface area contributed by atoms with E-state index in [9.17, 15) is 0 Å². The molecule has 0 spiro atoms. The van der Waals surface area contributed by atoms with E-state index in [1.807, 2.05) is 6.07 Å². The second-order valence-corrected chi connectivity index (χ2v) is 5.41. The van der Waals surface area contributed by atoms with Gasteiger partial charge in [0, 0.05) is 18.3 Å². The Morgan fingerprint density at radius 1 is 1.39 bits per heavy atom. The van der Waals surface area contributed by atoms with Gasteiger partial charge in [-0.1, -0.05) is 13.0 Å². The molecule has 0 aromatic carbocycles. The van der Waals surface area contributed by atoms with Crippen LogP contribution >= 0.6 is 0 Å². The predicted molar refractivity (Wildman–Crippen MR) is 73.6 cm³/mol. The summed E-state index contributed by atoms with van der Waals surface area (Å²) >= 11 is 0. The van der Waals surface area contributed by atoms with Crippen LogP contribution in [0.15, 0.2) is 24.4 Å². The molecule has 3 rings (SSSR count). The fourth-order valence-corrected chi connectivity index (χ4v) is 2.91. The Bertz CT molecular complexity index is 546. The molecule has 1 aliphatic carbocycles. The van der Waals surface area contributed by atoms with Gasteiger partial charge in [0.15, 0.2) is 0 Å². The van der Waals surface area contributed by atoms with Gasteiger partial charge < -0.3 is 9.72 Å². The summed E-state index contributed by atoms with van der Waals surface area (Å²) in [4.78, 5) is 4.61. The van der Waals surface area contributed by atoms with E-state index < -0.39 is 0 Å². The molecule has 2 aromatic heterocycles. The highest BCUT2D eigenvalue weighted by molar-refractivity contribution is 5.42. The number of pyridine rings is 1. The number of nitrogens with one attached hydrogen (secondary N) is 1. The number of rotatable bonds is 4. The van der Waals surface area contributed by atoms with Gasteiger partial charge in [-0.05, 0) is 44.7 Å². The van der Waals surface area contributed by atoms with Crippen molar-refractivity contribution in [3.8, 4) is 0 Å². The molecule has 0 unspecified atom stereocenters. The summed E-state index contributed by atoms with van der Waals surface area (Å²) in [5.41, 5.74) is 3.88. The maximum Gasteiger partial charge on any atom is 0.137 e. The standard InChI is InChI=1S/C15H21N3/c1-3-15(8-6-9-15)16-11-13-12(2)17-14-7-4-5-10-18(13)14/h4-5,7,10,16H,3,6,8-9,11H2,1-2H3. The highest BCUT2D eigenvalue weighted by Gasteiger charge is 2.34. The largest absolute Gasteiger partial charge is 0.306 e. The van der Waals surface area contributed by atoms with Crippen molar-refractivity contribution in [1.29, 1.82) is 0 Å². The van der Waals surface area contributed by atoms with Gasteiger partial charge in [-0.3, -0.25) is 0 Å². The van der Waals surface area contributed by atoms with E-state index in [1.165, 1.54) is 31.4 Å². The van der Waals surface area contributed by atoms with Crippen molar-refractivity contribution in [2.24, 2.45) is 0 Å². The molecule has 2 aromatic rings. The van der Waals surface area contributed by atoms with E-state index in [0.29, 0.717) is 5.54 Å². The smallest absolute Gasteiger partial charge is 0.137 e. The third-order valence-electron chi connectivity index (χ3n) is 4.45. The minimum absolute atomic E-state index is 0.394. The number of aryl methyl sites for hydroxylation is 1. The van der Waals surface area contributed by atoms with Crippen LogP contribution in [0.1, 0.15) is 44.0 Å². The van der Waals surface area contributed by atoms with Crippen LogP contribution in [0.2, 0.25) is 0 Å². The summed E-state index contributed by atoms with van der Waals surface area (Å²) in [5, 5.41) is 3.76. The molecule has 1 N–H and O–H groups in total. The van der Waals surface area contributed by atoms with E-state index in [1.54, 1.807) is 0 Å². The van der Waals surface area contributed by atoms with Gasteiger partial charge in [-0.25, -0.2) is 4.98 Å². The van der Waals surface area contributed by atoms with Crippen LogP contribution in [-0.4, -0.2) is 14.9 Å². The van der Waals surface area contributed by atoms with Crippen LogP contribution < -0.4 is 5.32 Å². The molecule has 96 valence electrons. The minimum Gasteiger partial charge on any atom is -0.306 e. The van der Waals surface area contributed by atoms with Crippen LogP contribution in [0.4, 0.5) is 0 Å². The number of aromatic nitrogens is 2. The first kappa shape index (κ1) is 11.7. The van der Waals surface area contributed by atoms with Crippen molar-refractivity contribution in [3.05, 3.63) is 35.8 Å². The first-order chi connectivity index (χ1) is 8.74. The summed E-state index contributed by atoms with van der Waals surface area (Å²) in [5.74, 6) is 0. The molecule has 1 saturated carbocycles. The molecule has 0 aliphatic heterocycles. The lowest BCUT2D eigenvalue weighted by atomic mass is 9.75. The highest BCUT2D eigenvalue weighted by atomic mass is 15.1. The fraction of sp³-hybridized carbons (Fsp3) is 0.533. The third kappa shape index (κ3) is 1.83. The van der Waals surface area contributed by atoms with Gasteiger partial charge in [-0.15, -0.1) is 0 Å². The Hall–Kier alpha value is -1.35.